The predicted molar refractivity (Wildman–Crippen MR) is 59.2 cm³/mol. The van der Waals surface area contributed by atoms with Crippen LogP contribution in [-0.4, -0.2) is 11.9 Å². The van der Waals surface area contributed by atoms with E-state index >= 15 is 0 Å². The first-order valence-electron chi connectivity index (χ1n) is 4.15. The summed E-state index contributed by atoms with van der Waals surface area (Å²) in [5.41, 5.74) is 0.235. The summed E-state index contributed by atoms with van der Waals surface area (Å²) in [6.45, 7) is 0. The number of carboxylic acids is 1. The van der Waals surface area contributed by atoms with E-state index in [0.717, 1.165) is 6.08 Å². The number of hydrogen-bond donors (Lipinski definition) is 1. The Labute approximate surface area is 101 Å². The molecule has 0 unspecified atom stereocenters. The minimum atomic E-state index is -1.46. The largest absolute Gasteiger partial charge is 0.545 e. The predicted octanol–water partition coefficient (Wildman–Crippen LogP) is 1.24. The molecule has 0 saturated carbocycles. The number of hydrogen-bond acceptors (Lipinski definition) is 3. The lowest BCUT2D eigenvalue weighted by molar-refractivity contribution is -0.297. The lowest BCUT2D eigenvalue weighted by Crippen LogP contribution is -2.20. The molecule has 16 heavy (non-hydrogen) atoms. The molecule has 0 bridgehead atoms. The molecular weight excluding hydrogens is 253 g/mol. The smallest absolute Gasteiger partial charge is 0.248 e. The van der Waals surface area contributed by atoms with Gasteiger partial charge in [-0.05, 0) is 18.2 Å². The van der Waals surface area contributed by atoms with E-state index in [1.165, 1.54) is 0 Å². The molecule has 0 heterocycles. The Morgan fingerprint density at radius 2 is 1.75 bits per heavy atom. The topological polar surface area (TPSA) is 69.2 Å². The molecule has 1 aromatic rings. The van der Waals surface area contributed by atoms with E-state index in [2.05, 4.69) is 5.32 Å². The molecule has 0 aliphatic heterocycles. The maximum absolute atomic E-state index is 11.2. The zero-order valence-electron chi connectivity index (χ0n) is 7.87. The zero-order valence-corrected chi connectivity index (χ0v) is 9.38. The van der Waals surface area contributed by atoms with Crippen molar-refractivity contribution in [1.29, 1.82) is 0 Å². The Kier molecular flexibility index (Phi) is 4.34. The van der Waals surface area contributed by atoms with Crippen molar-refractivity contribution in [3.63, 3.8) is 0 Å². The van der Waals surface area contributed by atoms with Crippen LogP contribution in [0, 0.1) is 0 Å². The third-order valence-corrected chi connectivity index (χ3v) is 2.21. The summed E-state index contributed by atoms with van der Waals surface area (Å²) in [7, 11) is 0. The van der Waals surface area contributed by atoms with Crippen LogP contribution in [0.15, 0.2) is 30.4 Å². The van der Waals surface area contributed by atoms with Gasteiger partial charge in [-0.3, -0.25) is 4.79 Å². The van der Waals surface area contributed by atoms with Gasteiger partial charge in [0.15, 0.2) is 0 Å². The summed E-state index contributed by atoms with van der Waals surface area (Å²) >= 11 is 11.6. The molecule has 0 atom stereocenters. The maximum Gasteiger partial charge on any atom is 0.248 e. The SMILES string of the molecule is O=C([O-])/C=C\C(=O)Nc1c(Cl)cccc1Cl. The van der Waals surface area contributed by atoms with Gasteiger partial charge in [0.05, 0.1) is 21.7 Å². The lowest BCUT2D eigenvalue weighted by atomic mass is 10.3. The first-order chi connectivity index (χ1) is 7.50. The van der Waals surface area contributed by atoms with Crippen molar-refractivity contribution >= 4 is 40.8 Å². The number of carbonyl (C=O) groups excluding carboxylic acids is 2. The van der Waals surface area contributed by atoms with E-state index in [1.807, 2.05) is 0 Å². The highest BCUT2D eigenvalue weighted by Crippen LogP contribution is 2.29. The molecule has 0 saturated heterocycles. The van der Waals surface area contributed by atoms with E-state index < -0.39 is 11.9 Å². The van der Waals surface area contributed by atoms with Crippen molar-refractivity contribution in [3.05, 3.63) is 40.4 Å². The van der Waals surface area contributed by atoms with Gasteiger partial charge in [0.25, 0.3) is 0 Å². The van der Waals surface area contributed by atoms with Crippen LogP contribution in [-0.2, 0) is 9.59 Å². The number of para-hydroxylation sites is 1. The van der Waals surface area contributed by atoms with Crippen LogP contribution in [0.25, 0.3) is 0 Å². The van der Waals surface area contributed by atoms with Gasteiger partial charge < -0.3 is 15.2 Å². The first kappa shape index (κ1) is 12.5. The highest BCUT2D eigenvalue weighted by Gasteiger charge is 2.06. The van der Waals surface area contributed by atoms with Crippen molar-refractivity contribution < 1.29 is 14.7 Å². The van der Waals surface area contributed by atoms with Gasteiger partial charge in [-0.2, -0.15) is 0 Å². The Hall–Kier alpha value is -1.52. The van der Waals surface area contributed by atoms with Crippen LogP contribution in [0.2, 0.25) is 10.0 Å². The number of carbonyl (C=O) groups is 2. The molecule has 1 N–H and O–H groups in total. The van der Waals surface area contributed by atoms with Crippen LogP contribution in [0.4, 0.5) is 5.69 Å². The minimum Gasteiger partial charge on any atom is -0.545 e. The van der Waals surface area contributed by atoms with E-state index in [9.17, 15) is 14.7 Å². The van der Waals surface area contributed by atoms with E-state index in [-0.39, 0.29) is 15.7 Å². The van der Waals surface area contributed by atoms with Gasteiger partial charge in [0.1, 0.15) is 0 Å². The molecular formula is C10H6Cl2NO3-. The molecule has 0 fully saturated rings. The van der Waals surface area contributed by atoms with Gasteiger partial charge >= 0.3 is 0 Å². The highest BCUT2D eigenvalue weighted by atomic mass is 35.5. The highest BCUT2D eigenvalue weighted by molar-refractivity contribution is 6.39. The standard InChI is InChI=1S/C10H7Cl2NO3/c11-6-2-1-3-7(12)10(6)13-8(14)4-5-9(15)16/h1-5H,(H,13,14)(H,15,16)/p-1/b5-4-. The first-order valence-corrected chi connectivity index (χ1v) is 4.90. The summed E-state index contributed by atoms with van der Waals surface area (Å²) in [6, 6.07) is 4.72. The Bertz CT molecular complexity index is 437. The number of aliphatic carboxylic acids is 1. The number of benzene rings is 1. The average Bonchev–Trinajstić information content (AvgIpc) is 2.21. The summed E-state index contributed by atoms with van der Waals surface area (Å²) in [6.07, 6.45) is 1.43. The molecule has 0 aliphatic carbocycles. The molecule has 6 heteroatoms. The normalized spacial score (nSPS) is 10.4. The second-order valence-corrected chi connectivity index (χ2v) is 3.55. The number of anilines is 1. The summed E-state index contributed by atoms with van der Waals surface area (Å²) in [4.78, 5) is 21.3. The van der Waals surface area contributed by atoms with Crippen LogP contribution in [0.5, 0.6) is 0 Å². The monoisotopic (exact) mass is 258 g/mol. The van der Waals surface area contributed by atoms with E-state index in [0.29, 0.717) is 6.08 Å². The molecule has 0 aliphatic rings. The lowest BCUT2D eigenvalue weighted by Gasteiger charge is -2.06. The number of halogens is 2. The van der Waals surface area contributed by atoms with Crippen LogP contribution in [0.3, 0.4) is 0 Å². The quantitative estimate of drug-likeness (QED) is 0.830. The van der Waals surface area contributed by atoms with Crippen molar-refractivity contribution in [2.75, 3.05) is 5.32 Å². The summed E-state index contributed by atoms with van der Waals surface area (Å²) in [5.74, 6) is -2.11. The fraction of sp³-hybridized carbons (Fsp3) is 0. The third kappa shape index (κ3) is 3.56. The van der Waals surface area contributed by atoms with Gasteiger partial charge in [0.2, 0.25) is 5.91 Å². The Morgan fingerprint density at radius 3 is 2.25 bits per heavy atom. The average molecular weight is 259 g/mol. The van der Waals surface area contributed by atoms with Crippen molar-refractivity contribution in [2.24, 2.45) is 0 Å². The van der Waals surface area contributed by atoms with Gasteiger partial charge in [-0.25, -0.2) is 0 Å². The zero-order chi connectivity index (χ0) is 12.1. The van der Waals surface area contributed by atoms with Crippen LogP contribution < -0.4 is 10.4 Å². The van der Waals surface area contributed by atoms with Crippen molar-refractivity contribution in [3.8, 4) is 0 Å². The molecule has 4 nitrogen and oxygen atoms in total. The second kappa shape index (κ2) is 5.53. The molecule has 1 aromatic carbocycles. The number of rotatable bonds is 3. The van der Waals surface area contributed by atoms with Crippen LogP contribution in [0.1, 0.15) is 0 Å². The number of amides is 1. The Morgan fingerprint density at radius 1 is 1.19 bits per heavy atom. The fourth-order valence-corrected chi connectivity index (χ4v) is 1.42. The molecule has 0 aromatic heterocycles. The van der Waals surface area contributed by atoms with Gasteiger partial charge in [-0.1, -0.05) is 29.3 Å². The molecule has 1 amide bonds. The third-order valence-electron chi connectivity index (χ3n) is 1.58. The maximum atomic E-state index is 11.2. The van der Waals surface area contributed by atoms with E-state index in [1.54, 1.807) is 18.2 Å². The molecule has 0 spiro atoms. The minimum absolute atomic E-state index is 0.235. The number of carboxylic acid groups (broad SMARTS) is 1. The van der Waals surface area contributed by atoms with E-state index in [4.69, 9.17) is 23.2 Å². The molecule has 1 rings (SSSR count). The summed E-state index contributed by atoms with van der Waals surface area (Å²) < 4.78 is 0. The van der Waals surface area contributed by atoms with Crippen LogP contribution >= 0.6 is 23.2 Å². The second-order valence-electron chi connectivity index (χ2n) is 2.74. The number of nitrogens with one attached hydrogen (secondary N) is 1. The van der Waals surface area contributed by atoms with Gasteiger partial charge in [-0.15, -0.1) is 0 Å². The fourth-order valence-electron chi connectivity index (χ4n) is 0.926. The van der Waals surface area contributed by atoms with Crippen molar-refractivity contribution in [2.45, 2.75) is 0 Å². The van der Waals surface area contributed by atoms with Crippen molar-refractivity contribution in [1.82, 2.24) is 0 Å². The van der Waals surface area contributed by atoms with Gasteiger partial charge in [0, 0.05) is 6.08 Å². The Balaban J connectivity index is 2.81. The summed E-state index contributed by atoms with van der Waals surface area (Å²) in [5, 5.41) is 12.9. The molecule has 0 radical (unpaired) electrons. The molecule has 84 valence electrons.